The zero-order chi connectivity index (χ0) is 19.4. The lowest BCUT2D eigenvalue weighted by Gasteiger charge is -2.01. The Morgan fingerprint density at radius 1 is 1.07 bits per heavy atom. The van der Waals surface area contributed by atoms with Crippen molar-refractivity contribution in [2.45, 2.75) is 13.8 Å². The molecule has 3 aromatic heterocycles. The summed E-state index contributed by atoms with van der Waals surface area (Å²) in [6, 6.07) is 14.1. The molecule has 2 aromatic carbocycles. The average Bonchev–Trinajstić information content (AvgIpc) is 3.21. The number of hydrogen-bond acceptors (Lipinski definition) is 6. The molecule has 28 heavy (non-hydrogen) atoms. The second-order valence-corrected chi connectivity index (χ2v) is 8.81. The average molecular weight is 405 g/mol. The van der Waals surface area contributed by atoms with Gasteiger partial charge >= 0.3 is 0 Å². The van der Waals surface area contributed by atoms with Gasteiger partial charge in [-0.3, -0.25) is 10.1 Å². The van der Waals surface area contributed by atoms with Crippen LogP contribution in [0.4, 0.5) is 10.8 Å². The first kappa shape index (κ1) is 17.1. The smallest absolute Gasteiger partial charge is 0.269 e. The van der Waals surface area contributed by atoms with Crippen LogP contribution in [-0.4, -0.2) is 15.9 Å². The van der Waals surface area contributed by atoms with E-state index in [4.69, 9.17) is 10.7 Å². The standard InChI is InChI=1S/C21H16N4OS2/c1-10-6-7-15-14(8-10)23-21(27-15)25-19(26)18-16(22)13-9-12-5-3-4-11(2)17(12)24-20(13)28-18/h3-9H,22H2,1-2H3,(H,23,25,26). The molecule has 5 rings (SSSR count). The molecule has 1 amide bonds. The van der Waals surface area contributed by atoms with Gasteiger partial charge in [-0.05, 0) is 43.2 Å². The minimum absolute atomic E-state index is 0.253. The number of benzene rings is 2. The van der Waals surface area contributed by atoms with E-state index < -0.39 is 0 Å². The minimum atomic E-state index is -0.253. The fraction of sp³-hybridized carbons (Fsp3) is 0.0952. The molecule has 5 aromatic rings. The van der Waals surface area contributed by atoms with E-state index in [0.717, 1.165) is 42.5 Å². The number of thiazole rings is 1. The Bertz CT molecular complexity index is 1400. The molecule has 7 heteroatoms. The molecule has 0 aliphatic heterocycles. The molecule has 0 aliphatic carbocycles. The quantitative estimate of drug-likeness (QED) is 0.406. The van der Waals surface area contributed by atoms with Gasteiger partial charge in [-0.15, -0.1) is 11.3 Å². The number of aromatic nitrogens is 2. The number of amides is 1. The van der Waals surface area contributed by atoms with E-state index in [0.29, 0.717) is 15.7 Å². The zero-order valence-electron chi connectivity index (χ0n) is 15.2. The molecule has 0 saturated heterocycles. The molecule has 3 heterocycles. The first-order valence-corrected chi connectivity index (χ1v) is 10.4. The van der Waals surface area contributed by atoms with Crippen LogP contribution in [0.5, 0.6) is 0 Å². The monoisotopic (exact) mass is 404 g/mol. The maximum atomic E-state index is 12.9. The van der Waals surface area contributed by atoms with Gasteiger partial charge in [0.15, 0.2) is 5.13 Å². The SMILES string of the molecule is Cc1ccc2sc(NC(=O)c3sc4nc5c(C)cccc5cc4c3N)nc2c1. The lowest BCUT2D eigenvalue weighted by molar-refractivity contribution is 0.103. The third-order valence-electron chi connectivity index (χ3n) is 4.72. The fourth-order valence-corrected chi connectivity index (χ4v) is 5.10. The van der Waals surface area contributed by atoms with Gasteiger partial charge in [0.25, 0.3) is 5.91 Å². The van der Waals surface area contributed by atoms with Crippen LogP contribution >= 0.6 is 22.7 Å². The molecular formula is C21H16N4OS2. The molecule has 0 spiro atoms. The summed E-state index contributed by atoms with van der Waals surface area (Å²) < 4.78 is 1.04. The Hall–Kier alpha value is -3.03. The number of hydrogen-bond donors (Lipinski definition) is 2. The van der Waals surface area contributed by atoms with Crippen molar-refractivity contribution in [3.63, 3.8) is 0 Å². The van der Waals surface area contributed by atoms with E-state index in [-0.39, 0.29) is 5.91 Å². The van der Waals surface area contributed by atoms with Crippen LogP contribution in [0.15, 0.2) is 42.5 Å². The number of fused-ring (bicyclic) bond motifs is 3. The maximum absolute atomic E-state index is 12.9. The first-order chi connectivity index (χ1) is 13.5. The molecule has 0 aliphatic rings. The summed E-state index contributed by atoms with van der Waals surface area (Å²) in [5.41, 5.74) is 10.8. The summed E-state index contributed by atoms with van der Waals surface area (Å²) in [6.07, 6.45) is 0. The second kappa shape index (κ2) is 6.25. The van der Waals surface area contributed by atoms with Crippen molar-refractivity contribution in [1.29, 1.82) is 0 Å². The summed E-state index contributed by atoms with van der Waals surface area (Å²) in [6.45, 7) is 4.05. The van der Waals surface area contributed by atoms with Crippen molar-refractivity contribution in [3.05, 3.63) is 58.5 Å². The largest absolute Gasteiger partial charge is 0.397 e. The lowest BCUT2D eigenvalue weighted by atomic mass is 10.1. The summed E-state index contributed by atoms with van der Waals surface area (Å²) in [7, 11) is 0. The van der Waals surface area contributed by atoms with Gasteiger partial charge in [0, 0.05) is 10.8 Å². The number of pyridine rings is 1. The van der Waals surface area contributed by atoms with Gasteiger partial charge in [-0.1, -0.05) is 35.6 Å². The van der Waals surface area contributed by atoms with Gasteiger partial charge in [0.2, 0.25) is 0 Å². The predicted molar refractivity (Wildman–Crippen MR) is 119 cm³/mol. The van der Waals surface area contributed by atoms with Gasteiger partial charge in [0.05, 0.1) is 21.4 Å². The zero-order valence-corrected chi connectivity index (χ0v) is 16.9. The Balaban J connectivity index is 1.55. The van der Waals surface area contributed by atoms with Crippen molar-refractivity contribution in [3.8, 4) is 0 Å². The molecule has 5 nitrogen and oxygen atoms in total. The van der Waals surface area contributed by atoms with Gasteiger partial charge in [0.1, 0.15) is 9.71 Å². The summed E-state index contributed by atoms with van der Waals surface area (Å²) in [4.78, 5) is 23.4. The molecule has 138 valence electrons. The normalized spacial score (nSPS) is 11.5. The molecule has 3 N–H and O–H groups in total. The lowest BCUT2D eigenvalue weighted by Crippen LogP contribution is -2.11. The number of para-hydroxylation sites is 1. The molecule has 0 saturated carbocycles. The molecule has 0 radical (unpaired) electrons. The van der Waals surface area contributed by atoms with Crippen LogP contribution < -0.4 is 11.1 Å². The van der Waals surface area contributed by atoms with Crippen LogP contribution in [0, 0.1) is 13.8 Å². The Kier molecular flexibility index (Phi) is 3.82. The van der Waals surface area contributed by atoms with E-state index >= 15 is 0 Å². The fourth-order valence-electron chi connectivity index (χ4n) is 3.29. The highest BCUT2D eigenvalue weighted by molar-refractivity contribution is 7.23. The number of anilines is 2. The number of carbonyl (C=O) groups is 1. The number of aryl methyl sites for hydroxylation is 2. The molecule has 0 bridgehead atoms. The third-order valence-corrected chi connectivity index (χ3v) is 6.78. The van der Waals surface area contributed by atoms with Crippen LogP contribution in [0.25, 0.3) is 31.3 Å². The van der Waals surface area contributed by atoms with Crippen LogP contribution in [0.2, 0.25) is 0 Å². The number of carbonyl (C=O) groups excluding carboxylic acids is 1. The van der Waals surface area contributed by atoms with Crippen LogP contribution in [-0.2, 0) is 0 Å². The van der Waals surface area contributed by atoms with Crippen LogP contribution in [0.3, 0.4) is 0 Å². The van der Waals surface area contributed by atoms with Crippen molar-refractivity contribution in [1.82, 2.24) is 9.97 Å². The first-order valence-electron chi connectivity index (χ1n) is 8.76. The molecule has 0 atom stereocenters. The van der Waals surface area contributed by atoms with E-state index in [1.807, 2.05) is 56.3 Å². The van der Waals surface area contributed by atoms with Gasteiger partial charge < -0.3 is 5.73 Å². The summed E-state index contributed by atoms with van der Waals surface area (Å²) >= 11 is 2.76. The maximum Gasteiger partial charge on any atom is 0.269 e. The highest BCUT2D eigenvalue weighted by Gasteiger charge is 2.19. The second-order valence-electron chi connectivity index (χ2n) is 6.78. The number of thiophene rings is 1. The Morgan fingerprint density at radius 3 is 2.79 bits per heavy atom. The summed E-state index contributed by atoms with van der Waals surface area (Å²) in [5.74, 6) is -0.253. The molecule has 0 unspecified atom stereocenters. The van der Waals surface area contributed by atoms with Crippen molar-refractivity contribution >= 4 is 70.7 Å². The molecule has 0 fully saturated rings. The number of nitrogens with zero attached hydrogens (tertiary/aromatic N) is 2. The van der Waals surface area contributed by atoms with E-state index in [2.05, 4.69) is 10.3 Å². The number of rotatable bonds is 2. The van der Waals surface area contributed by atoms with Crippen molar-refractivity contribution < 1.29 is 4.79 Å². The van der Waals surface area contributed by atoms with E-state index in [9.17, 15) is 4.79 Å². The van der Waals surface area contributed by atoms with Gasteiger partial charge in [-0.25, -0.2) is 9.97 Å². The number of nitrogens with one attached hydrogen (secondary N) is 1. The number of nitrogen functional groups attached to an aromatic ring is 1. The topological polar surface area (TPSA) is 80.9 Å². The predicted octanol–water partition coefficient (Wildman–Crippen LogP) is 5.51. The number of nitrogens with two attached hydrogens (primary N) is 1. The van der Waals surface area contributed by atoms with Gasteiger partial charge in [-0.2, -0.15) is 0 Å². The Morgan fingerprint density at radius 2 is 1.93 bits per heavy atom. The highest BCUT2D eigenvalue weighted by Crippen LogP contribution is 2.36. The third kappa shape index (κ3) is 2.71. The Labute approximate surface area is 168 Å². The van der Waals surface area contributed by atoms with Crippen molar-refractivity contribution in [2.75, 3.05) is 11.1 Å². The highest BCUT2D eigenvalue weighted by atomic mass is 32.1. The molecular weight excluding hydrogens is 388 g/mol. The van der Waals surface area contributed by atoms with E-state index in [1.54, 1.807) is 0 Å². The minimum Gasteiger partial charge on any atom is -0.397 e. The van der Waals surface area contributed by atoms with Crippen molar-refractivity contribution in [2.24, 2.45) is 0 Å². The summed E-state index contributed by atoms with van der Waals surface area (Å²) in [5, 5.41) is 5.29. The van der Waals surface area contributed by atoms with E-state index in [1.165, 1.54) is 22.7 Å². The van der Waals surface area contributed by atoms with Crippen LogP contribution in [0.1, 0.15) is 20.8 Å².